The molecule has 0 unspecified atom stereocenters. The Labute approximate surface area is 123 Å². The smallest absolute Gasteiger partial charge is 0.326 e. The van der Waals surface area contributed by atoms with Gasteiger partial charge in [-0.05, 0) is 19.3 Å². The lowest BCUT2D eigenvalue weighted by atomic mass is 10.1. The minimum atomic E-state index is -1.17. The number of ether oxygens (including phenoxy) is 2. The van der Waals surface area contributed by atoms with Gasteiger partial charge in [-0.3, -0.25) is 4.79 Å². The van der Waals surface area contributed by atoms with Gasteiger partial charge >= 0.3 is 18.0 Å². The lowest BCUT2D eigenvalue weighted by Gasteiger charge is -2.32. The van der Waals surface area contributed by atoms with Gasteiger partial charge in [-0.25, -0.2) is 9.59 Å². The second-order valence-corrected chi connectivity index (χ2v) is 4.88. The summed E-state index contributed by atoms with van der Waals surface area (Å²) in [6, 6.07) is -1.53. The highest BCUT2D eigenvalue weighted by Crippen LogP contribution is 2.13. The maximum absolute atomic E-state index is 12.0. The van der Waals surface area contributed by atoms with E-state index in [1.165, 1.54) is 7.11 Å². The summed E-state index contributed by atoms with van der Waals surface area (Å²) in [6.07, 6.45) is 1.54. The van der Waals surface area contributed by atoms with Crippen LogP contribution in [0.5, 0.6) is 0 Å². The summed E-state index contributed by atoms with van der Waals surface area (Å²) in [5.74, 6) is -1.67. The number of hydrogen-bond donors (Lipinski definition) is 2. The zero-order chi connectivity index (χ0) is 15.8. The number of amides is 2. The standard InChI is InChI=1S/C13H22N2O6/c1-20-9-5-7-15(8-6-9)13(19)14-10(12(17)18)3-4-11(16)21-2/h9-10H,3-8H2,1-2H3,(H,14,19)(H,17,18)/t10-/m1/s1. The van der Waals surface area contributed by atoms with Crippen molar-refractivity contribution >= 4 is 18.0 Å². The lowest BCUT2D eigenvalue weighted by Crippen LogP contribution is -2.51. The molecule has 0 aromatic heterocycles. The molecule has 0 radical (unpaired) electrons. The third-order valence-corrected chi connectivity index (χ3v) is 3.52. The minimum absolute atomic E-state index is 0.00226. The molecule has 0 bridgehead atoms. The number of nitrogens with one attached hydrogen (secondary N) is 1. The van der Waals surface area contributed by atoms with Crippen LogP contribution in [0.25, 0.3) is 0 Å². The van der Waals surface area contributed by atoms with E-state index in [4.69, 9.17) is 9.84 Å². The number of esters is 1. The number of nitrogens with zero attached hydrogens (tertiary/aromatic N) is 1. The summed E-state index contributed by atoms with van der Waals surface area (Å²) >= 11 is 0. The molecule has 1 aliphatic rings. The average Bonchev–Trinajstić information content (AvgIpc) is 2.50. The van der Waals surface area contributed by atoms with E-state index in [0.717, 1.165) is 12.8 Å². The zero-order valence-electron chi connectivity index (χ0n) is 12.3. The van der Waals surface area contributed by atoms with Crippen molar-refractivity contribution in [3.05, 3.63) is 0 Å². The molecule has 0 spiro atoms. The maximum atomic E-state index is 12.0. The molecule has 2 amide bonds. The largest absolute Gasteiger partial charge is 0.480 e. The van der Waals surface area contributed by atoms with E-state index in [0.29, 0.717) is 13.1 Å². The van der Waals surface area contributed by atoms with Crippen LogP contribution in [0.15, 0.2) is 0 Å². The van der Waals surface area contributed by atoms with Crippen LogP contribution in [-0.4, -0.2) is 67.4 Å². The Morgan fingerprint density at radius 1 is 1.29 bits per heavy atom. The first-order chi connectivity index (χ1) is 9.97. The fourth-order valence-corrected chi connectivity index (χ4v) is 2.16. The highest BCUT2D eigenvalue weighted by molar-refractivity contribution is 5.83. The maximum Gasteiger partial charge on any atom is 0.326 e. The molecule has 0 aliphatic carbocycles. The van der Waals surface area contributed by atoms with Crippen LogP contribution in [-0.2, 0) is 19.1 Å². The van der Waals surface area contributed by atoms with Gasteiger partial charge in [0.2, 0.25) is 0 Å². The minimum Gasteiger partial charge on any atom is -0.480 e. The third-order valence-electron chi connectivity index (χ3n) is 3.52. The van der Waals surface area contributed by atoms with Crippen molar-refractivity contribution in [1.29, 1.82) is 0 Å². The molecule has 0 saturated carbocycles. The summed E-state index contributed by atoms with van der Waals surface area (Å²) < 4.78 is 9.67. The first-order valence-electron chi connectivity index (χ1n) is 6.85. The van der Waals surface area contributed by atoms with Gasteiger partial charge in [0.15, 0.2) is 0 Å². The number of carboxylic acids is 1. The summed E-state index contributed by atoms with van der Waals surface area (Å²) in [5, 5.41) is 11.5. The van der Waals surface area contributed by atoms with Gasteiger partial charge in [0.1, 0.15) is 6.04 Å². The van der Waals surface area contributed by atoms with Gasteiger partial charge in [-0.1, -0.05) is 0 Å². The van der Waals surface area contributed by atoms with E-state index in [2.05, 4.69) is 10.1 Å². The molecule has 1 atom stereocenters. The fraction of sp³-hybridized carbons (Fsp3) is 0.769. The van der Waals surface area contributed by atoms with E-state index in [-0.39, 0.29) is 18.9 Å². The second kappa shape index (κ2) is 8.46. The molecular weight excluding hydrogens is 280 g/mol. The van der Waals surface area contributed by atoms with Gasteiger partial charge in [0.25, 0.3) is 0 Å². The van der Waals surface area contributed by atoms with Crippen molar-refractivity contribution < 1.29 is 29.0 Å². The lowest BCUT2D eigenvalue weighted by molar-refractivity contribution is -0.142. The molecule has 1 heterocycles. The Morgan fingerprint density at radius 3 is 2.38 bits per heavy atom. The second-order valence-electron chi connectivity index (χ2n) is 4.88. The van der Waals surface area contributed by atoms with Gasteiger partial charge in [-0.2, -0.15) is 0 Å². The molecular formula is C13H22N2O6. The van der Waals surface area contributed by atoms with Gasteiger partial charge < -0.3 is 24.8 Å². The molecule has 2 N–H and O–H groups in total. The number of carbonyl (C=O) groups excluding carboxylic acids is 2. The summed E-state index contributed by atoms with van der Waals surface area (Å²) in [4.78, 5) is 35.7. The van der Waals surface area contributed by atoms with Crippen molar-refractivity contribution in [2.24, 2.45) is 0 Å². The number of carboxylic acid groups (broad SMARTS) is 1. The number of piperidine rings is 1. The molecule has 0 aromatic carbocycles. The van der Waals surface area contributed by atoms with Crippen molar-refractivity contribution in [3.63, 3.8) is 0 Å². The number of likely N-dealkylation sites (tertiary alicyclic amines) is 1. The first-order valence-corrected chi connectivity index (χ1v) is 6.85. The predicted molar refractivity (Wildman–Crippen MR) is 72.8 cm³/mol. The molecule has 8 nitrogen and oxygen atoms in total. The summed E-state index contributed by atoms with van der Waals surface area (Å²) in [5.41, 5.74) is 0. The number of hydrogen-bond acceptors (Lipinski definition) is 5. The molecule has 1 fully saturated rings. The Balaban J connectivity index is 2.45. The molecule has 1 rings (SSSR count). The van der Waals surface area contributed by atoms with Crippen molar-refractivity contribution in [2.45, 2.75) is 37.8 Å². The number of carbonyl (C=O) groups is 3. The van der Waals surface area contributed by atoms with Gasteiger partial charge in [0.05, 0.1) is 13.2 Å². The highest BCUT2D eigenvalue weighted by atomic mass is 16.5. The van der Waals surface area contributed by atoms with Crippen LogP contribution in [0.1, 0.15) is 25.7 Å². The average molecular weight is 302 g/mol. The van der Waals surface area contributed by atoms with Crippen LogP contribution >= 0.6 is 0 Å². The van der Waals surface area contributed by atoms with Crippen LogP contribution in [0, 0.1) is 0 Å². The van der Waals surface area contributed by atoms with Crippen LogP contribution in [0.2, 0.25) is 0 Å². The number of aliphatic carboxylic acids is 1. The van der Waals surface area contributed by atoms with Crippen LogP contribution in [0.3, 0.4) is 0 Å². The van der Waals surface area contributed by atoms with Gasteiger partial charge in [-0.15, -0.1) is 0 Å². The highest BCUT2D eigenvalue weighted by Gasteiger charge is 2.27. The summed E-state index contributed by atoms with van der Waals surface area (Å²) in [7, 11) is 2.87. The molecule has 8 heteroatoms. The normalized spacial score (nSPS) is 17.1. The topological polar surface area (TPSA) is 105 Å². The zero-order valence-corrected chi connectivity index (χ0v) is 12.3. The van der Waals surface area contributed by atoms with Crippen LogP contribution in [0.4, 0.5) is 4.79 Å². The Bertz CT molecular complexity index is 379. The first kappa shape index (κ1) is 17.2. The van der Waals surface area contributed by atoms with Gasteiger partial charge in [0, 0.05) is 26.6 Å². The Hall–Kier alpha value is -1.83. The van der Waals surface area contributed by atoms with E-state index in [1.54, 1.807) is 12.0 Å². The molecule has 0 aromatic rings. The van der Waals surface area contributed by atoms with Crippen molar-refractivity contribution in [1.82, 2.24) is 10.2 Å². The Kier molecular flexibility index (Phi) is 6.93. The predicted octanol–water partition coefficient (Wildman–Crippen LogP) is 0.213. The molecule has 1 aliphatic heterocycles. The molecule has 21 heavy (non-hydrogen) atoms. The number of urea groups is 1. The monoisotopic (exact) mass is 302 g/mol. The fourth-order valence-electron chi connectivity index (χ4n) is 2.16. The Morgan fingerprint density at radius 2 is 1.90 bits per heavy atom. The SMILES string of the molecule is COC(=O)CC[C@@H](NC(=O)N1CCC(OC)CC1)C(=O)O. The number of methoxy groups -OCH3 is 2. The summed E-state index contributed by atoms with van der Waals surface area (Å²) in [6.45, 7) is 1.04. The van der Waals surface area contributed by atoms with E-state index >= 15 is 0 Å². The molecule has 120 valence electrons. The van der Waals surface area contributed by atoms with E-state index < -0.39 is 24.0 Å². The van der Waals surface area contributed by atoms with E-state index in [9.17, 15) is 14.4 Å². The van der Waals surface area contributed by atoms with E-state index in [1.807, 2.05) is 0 Å². The number of rotatable bonds is 6. The third kappa shape index (κ3) is 5.58. The molecule has 1 saturated heterocycles. The van der Waals surface area contributed by atoms with Crippen molar-refractivity contribution in [3.8, 4) is 0 Å². The quantitative estimate of drug-likeness (QED) is 0.680. The van der Waals surface area contributed by atoms with Crippen LogP contribution < -0.4 is 5.32 Å². The van der Waals surface area contributed by atoms with Crippen molar-refractivity contribution in [2.75, 3.05) is 27.3 Å².